The molecule has 53 heavy (non-hydrogen) atoms. The third kappa shape index (κ3) is 10.3. The van der Waals surface area contributed by atoms with Crippen LogP contribution in [0.2, 0.25) is 10.0 Å². The van der Waals surface area contributed by atoms with E-state index in [9.17, 15) is 25.9 Å². The number of hydrogen-bond donors (Lipinski definition) is 2. The largest absolute Gasteiger partial charge is 0.344 e. The van der Waals surface area contributed by atoms with Crippen molar-refractivity contribution < 1.29 is 30.5 Å². The third-order valence-corrected chi connectivity index (χ3v) is 13.4. The lowest BCUT2D eigenvalue weighted by Crippen LogP contribution is -2.35. The lowest BCUT2D eigenvalue weighted by Gasteiger charge is -2.24. The monoisotopic (exact) mass is 832 g/mol. The second-order valence-corrected chi connectivity index (χ2v) is 19.0. The van der Waals surface area contributed by atoms with Crippen molar-refractivity contribution in [2.75, 3.05) is 34.9 Å². The minimum Gasteiger partial charge on any atom is -0.344 e. The lowest BCUT2D eigenvalue weighted by atomic mass is 10.1. The summed E-state index contributed by atoms with van der Waals surface area (Å²) in [4.78, 5) is 5.45. The van der Waals surface area contributed by atoms with Crippen LogP contribution in [-0.4, -0.2) is 51.0 Å². The molecule has 4 aromatic rings. The van der Waals surface area contributed by atoms with E-state index in [4.69, 9.17) is 23.2 Å². The number of likely N-dealkylation sites (N-methyl/N-ethyl adjacent to an activating group) is 1. The molecule has 0 saturated carbocycles. The van der Waals surface area contributed by atoms with E-state index >= 15 is 0 Å². The van der Waals surface area contributed by atoms with Gasteiger partial charge in [-0.05, 0) is 97.9 Å². The predicted octanol–water partition coefficient (Wildman–Crippen LogP) is 9.41. The number of aryl methyl sites for hydroxylation is 1. The topological polar surface area (TPSA) is 119 Å². The van der Waals surface area contributed by atoms with Crippen LogP contribution in [0.5, 0.6) is 0 Å². The summed E-state index contributed by atoms with van der Waals surface area (Å²) in [5, 5.41) is 3.25. The summed E-state index contributed by atoms with van der Waals surface area (Å²) in [6.07, 6.45) is 12.1. The second kappa shape index (κ2) is 17.1. The summed E-state index contributed by atoms with van der Waals surface area (Å²) in [6, 6.07) is 21.8. The average molecular weight is 834 g/mol. The molecule has 9 nitrogen and oxygen atoms in total. The number of thioether (sulfide) groups is 1. The Morgan fingerprint density at radius 2 is 1.55 bits per heavy atom. The molecule has 0 radical (unpaired) electrons. The summed E-state index contributed by atoms with van der Waals surface area (Å²) in [5.74, 6) is -0.557. The van der Waals surface area contributed by atoms with Gasteiger partial charge < -0.3 is 9.80 Å². The molecule has 0 bridgehead atoms. The summed E-state index contributed by atoms with van der Waals surface area (Å²) < 4.78 is 67.0. The molecule has 0 saturated heterocycles. The Balaban J connectivity index is 1.34. The maximum Gasteiger partial charge on any atom is 0.264 e. The zero-order chi connectivity index (χ0) is 37.8. The Kier molecular flexibility index (Phi) is 12.8. The maximum absolute atomic E-state index is 11.3. The number of hydrogen-bond acceptors (Lipinski definition) is 8. The van der Waals surface area contributed by atoms with Crippen molar-refractivity contribution in [2.24, 2.45) is 0 Å². The normalized spacial score (nSPS) is 16.6. The van der Waals surface area contributed by atoms with Crippen LogP contribution in [0.3, 0.4) is 0 Å². The minimum atomic E-state index is -4.03. The number of halogens is 2. The smallest absolute Gasteiger partial charge is 0.264 e. The zero-order valence-electron chi connectivity index (χ0n) is 29.0. The SMILES string of the molecule is CN(C1=C(C=Cc2sc3ccc(Cl)cc3[n+]2CCCCS(=O)(=O)O)CC/C1=C\C=C1Sc2ccc(Cl)cc2N1CCCCS(=O)(=O)O)c1ccccc1. The lowest BCUT2D eigenvalue weighted by molar-refractivity contribution is -0.669. The van der Waals surface area contributed by atoms with Gasteiger partial charge in [0, 0.05) is 58.5 Å². The molecule has 15 heteroatoms. The first kappa shape index (κ1) is 39.6. The van der Waals surface area contributed by atoms with Crippen molar-refractivity contribution in [3.63, 3.8) is 0 Å². The van der Waals surface area contributed by atoms with E-state index in [-0.39, 0.29) is 11.5 Å². The van der Waals surface area contributed by atoms with Crippen molar-refractivity contribution in [3.05, 3.63) is 122 Å². The van der Waals surface area contributed by atoms with Crippen LogP contribution in [0.1, 0.15) is 43.5 Å². The highest BCUT2D eigenvalue weighted by Crippen LogP contribution is 2.47. The fraction of sp³-hybridized carbons (Fsp3) is 0.289. The number of rotatable bonds is 15. The number of aromatic nitrogens is 1. The summed E-state index contributed by atoms with van der Waals surface area (Å²) in [7, 11) is -5.98. The predicted molar refractivity (Wildman–Crippen MR) is 219 cm³/mol. The molecule has 0 amide bonds. The van der Waals surface area contributed by atoms with E-state index in [2.05, 4.69) is 57.9 Å². The fourth-order valence-corrected chi connectivity index (χ4v) is 10.2. The zero-order valence-corrected chi connectivity index (χ0v) is 33.8. The van der Waals surface area contributed by atoms with Crippen LogP contribution in [0.4, 0.5) is 11.4 Å². The van der Waals surface area contributed by atoms with E-state index in [0.717, 1.165) is 55.1 Å². The van der Waals surface area contributed by atoms with E-state index in [1.807, 2.05) is 54.6 Å². The van der Waals surface area contributed by atoms with Gasteiger partial charge in [0.15, 0.2) is 6.54 Å². The average Bonchev–Trinajstić information content (AvgIpc) is 3.78. The van der Waals surface area contributed by atoms with Gasteiger partial charge in [0.25, 0.3) is 25.2 Å². The van der Waals surface area contributed by atoms with E-state index in [0.29, 0.717) is 48.8 Å². The van der Waals surface area contributed by atoms with Gasteiger partial charge in [-0.1, -0.05) is 70.6 Å². The molecule has 2 N–H and O–H groups in total. The molecular weight excluding hydrogens is 794 g/mol. The van der Waals surface area contributed by atoms with Crippen molar-refractivity contribution in [3.8, 4) is 0 Å². The van der Waals surface area contributed by atoms with Gasteiger partial charge in [-0.25, -0.2) is 0 Å². The molecule has 0 unspecified atom stereocenters. The van der Waals surface area contributed by atoms with E-state index in [1.165, 1.54) is 11.1 Å². The highest BCUT2D eigenvalue weighted by molar-refractivity contribution is 8.03. The van der Waals surface area contributed by atoms with Crippen molar-refractivity contribution in [1.82, 2.24) is 0 Å². The van der Waals surface area contributed by atoms with Gasteiger partial charge in [-0.15, -0.1) is 0 Å². The van der Waals surface area contributed by atoms with Crippen LogP contribution in [0, 0.1) is 0 Å². The van der Waals surface area contributed by atoms with Crippen LogP contribution < -0.4 is 14.4 Å². The minimum absolute atomic E-state index is 0.279. The molecular formula is C38H40Cl2N3O6S4+. The van der Waals surface area contributed by atoms with Gasteiger partial charge in [0.1, 0.15) is 4.70 Å². The van der Waals surface area contributed by atoms with Crippen LogP contribution in [0.15, 0.2) is 112 Å². The number of fused-ring (bicyclic) bond motifs is 2. The number of unbranched alkanes of at least 4 members (excludes halogenated alkanes) is 2. The number of benzene rings is 3. The molecule has 1 aromatic heterocycles. The van der Waals surface area contributed by atoms with Gasteiger partial charge in [0.05, 0.1) is 22.2 Å². The molecule has 0 fully saturated rings. The highest BCUT2D eigenvalue weighted by atomic mass is 35.5. The first-order valence-corrected chi connectivity index (χ1v) is 22.7. The number of allylic oxidation sites excluding steroid dienone is 5. The van der Waals surface area contributed by atoms with Crippen molar-refractivity contribution in [1.29, 1.82) is 0 Å². The van der Waals surface area contributed by atoms with Gasteiger partial charge in [-0.3, -0.25) is 9.11 Å². The molecule has 1 aliphatic heterocycles. The standard InChI is InChI=1S/C38H39Cl2N3O6S4/c1-41(31-9-3-2-4-10-31)38-27(13-19-36-42(21-5-7-23-52(44,45)46)32-25-29(39)15-17-34(32)50-36)11-12-28(38)14-20-37-43(22-6-8-24-53(47,48)49)33-26-30(40)16-18-35(33)51-37/h2-4,9-10,13-20,25-26H,5-8,11-12,21-24H2,1H3,(H-,44,45,46,47,48,49)/p+1. The summed E-state index contributed by atoms with van der Waals surface area (Å²) in [6.45, 7) is 1.14. The Bertz CT molecular complexity index is 2340. The number of thiazole rings is 1. The number of anilines is 2. The Hall–Kier alpha value is -3.14. The van der Waals surface area contributed by atoms with Gasteiger partial charge in [0.2, 0.25) is 5.52 Å². The number of para-hydroxylation sites is 1. The molecule has 0 spiro atoms. The van der Waals surface area contributed by atoms with Gasteiger partial charge in [-0.2, -0.15) is 21.4 Å². The molecule has 2 heterocycles. The van der Waals surface area contributed by atoms with Crippen LogP contribution >= 0.6 is 46.3 Å². The molecule has 2 aliphatic rings. The van der Waals surface area contributed by atoms with Crippen LogP contribution in [0.25, 0.3) is 16.3 Å². The Morgan fingerprint density at radius 1 is 0.849 bits per heavy atom. The first-order chi connectivity index (χ1) is 25.3. The maximum atomic E-state index is 11.3. The highest BCUT2D eigenvalue weighted by Gasteiger charge is 2.27. The summed E-state index contributed by atoms with van der Waals surface area (Å²) >= 11 is 16.1. The van der Waals surface area contributed by atoms with Crippen molar-refractivity contribution in [2.45, 2.75) is 50.0 Å². The second-order valence-electron chi connectivity index (χ2n) is 12.9. The summed E-state index contributed by atoms with van der Waals surface area (Å²) in [5.41, 5.74) is 6.45. The molecule has 6 rings (SSSR count). The molecule has 1 aliphatic carbocycles. The fourth-order valence-electron chi connectivity index (χ4n) is 6.56. The van der Waals surface area contributed by atoms with E-state index < -0.39 is 20.2 Å². The third-order valence-electron chi connectivity index (χ3n) is 9.06. The first-order valence-electron chi connectivity index (χ1n) is 17.1. The van der Waals surface area contributed by atoms with E-state index in [1.54, 1.807) is 23.1 Å². The molecule has 280 valence electrons. The van der Waals surface area contributed by atoms with Crippen LogP contribution in [-0.2, 0) is 26.8 Å². The molecule has 3 aromatic carbocycles. The Labute approximate surface area is 329 Å². The van der Waals surface area contributed by atoms with Crippen molar-refractivity contribution >= 4 is 94.2 Å². The Morgan fingerprint density at radius 3 is 2.28 bits per heavy atom. The number of nitrogens with zero attached hydrogens (tertiary/aromatic N) is 3. The molecule has 0 atom stereocenters. The quantitative estimate of drug-likeness (QED) is 0.0686. The van der Waals surface area contributed by atoms with Gasteiger partial charge >= 0.3 is 0 Å².